The van der Waals surface area contributed by atoms with Crippen LogP contribution in [0.1, 0.15) is 5.56 Å². The maximum absolute atomic E-state index is 6.23. The zero-order valence-corrected chi connectivity index (χ0v) is 14.6. The Morgan fingerprint density at radius 1 is 1.09 bits per heavy atom. The molecule has 1 aromatic heterocycles. The summed E-state index contributed by atoms with van der Waals surface area (Å²) in [5.41, 5.74) is 0.942. The zero-order chi connectivity index (χ0) is 16.3. The molecule has 1 aromatic carbocycles. The molecule has 0 N–H and O–H groups in total. The number of anilines is 2. The number of hydrogen-bond acceptors (Lipinski definition) is 4. The van der Waals surface area contributed by atoms with Crippen molar-refractivity contribution in [1.82, 2.24) is 4.98 Å². The van der Waals surface area contributed by atoms with E-state index in [1.807, 2.05) is 63.3 Å². The average Bonchev–Trinajstić information content (AvgIpc) is 2.51. The van der Waals surface area contributed by atoms with Crippen LogP contribution >= 0.6 is 23.8 Å². The first-order chi connectivity index (χ1) is 10.4. The lowest BCUT2D eigenvalue weighted by atomic mass is 10.2. The fourth-order valence-corrected chi connectivity index (χ4v) is 2.15. The maximum atomic E-state index is 6.23. The number of halogens is 1. The molecule has 6 heteroatoms. The van der Waals surface area contributed by atoms with Gasteiger partial charge in [0.1, 0.15) is 17.4 Å². The van der Waals surface area contributed by atoms with Gasteiger partial charge in [-0.3, -0.25) is 4.90 Å². The number of nitrogens with zero attached hydrogens (tertiary/aromatic N) is 3. The second kappa shape index (κ2) is 6.94. The molecule has 0 aliphatic heterocycles. The molecule has 22 heavy (non-hydrogen) atoms. The summed E-state index contributed by atoms with van der Waals surface area (Å²) in [7, 11) is 5.69. The van der Waals surface area contributed by atoms with E-state index in [2.05, 4.69) is 4.98 Å². The SMILES string of the molecule is Cc1cccc(OC(=S)N(C)c2cccc(N(C)C)n2)c1Cl. The lowest BCUT2D eigenvalue weighted by molar-refractivity contribution is 0.551. The molecule has 0 spiro atoms. The van der Waals surface area contributed by atoms with Gasteiger partial charge in [-0.1, -0.05) is 29.8 Å². The molecule has 0 aliphatic rings. The van der Waals surface area contributed by atoms with E-state index in [9.17, 15) is 0 Å². The van der Waals surface area contributed by atoms with Gasteiger partial charge in [-0.15, -0.1) is 0 Å². The standard InChI is InChI=1S/C16H18ClN3OS/c1-11-7-5-8-12(15(11)17)21-16(22)20(4)14-10-6-9-13(18-14)19(2)3/h5-10H,1-4H3. The first-order valence-electron chi connectivity index (χ1n) is 6.75. The quantitative estimate of drug-likeness (QED) is 0.793. The summed E-state index contributed by atoms with van der Waals surface area (Å²) in [6.45, 7) is 1.92. The minimum absolute atomic E-state index is 0.288. The molecule has 0 aliphatic carbocycles. The lowest BCUT2D eigenvalue weighted by Gasteiger charge is -2.21. The highest BCUT2D eigenvalue weighted by atomic mass is 35.5. The van der Waals surface area contributed by atoms with Gasteiger partial charge in [-0.25, -0.2) is 4.98 Å². The van der Waals surface area contributed by atoms with Crippen LogP contribution in [0.5, 0.6) is 5.75 Å². The molecule has 4 nitrogen and oxygen atoms in total. The lowest BCUT2D eigenvalue weighted by Crippen LogP contribution is -2.30. The third-order valence-electron chi connectivity index (χ3n) is 3.15. The number of thiocarbonyl (C=S) groups is 1. The smallest absolute Gasteiger partial charge is 0.270 e. The molecular formula is C16H18ClN3OS. The van der Waals surface area contributed by atoms with E-state index in [0.717, 1.165) is 11.4 Å². The summed E-state index contributed by atoms with van der Waals surface area (Å²) in [5, 5.41) is 0.851. The van der Waals surface area contributed by atoms with Gasteiger partial charge in [-0.05, 0) is 42.9 Å². The molecule has 0 amide bonds. The van der Waals surface area contributed by atoms with Crippen molar-refractivity contribution in [3.8, 4) is 5.75 Å². The highest BCUT2D eigenvalue weighted by Gasteiger charge is 2.14. The topological polar surface area (TPSA) is 28.6 Å². The number of rotatable bonds is 3. The van der Waals surface area contributed by atoms with Gasteiger partial charge in [-0.2, -0.15) is 0 Å². The van der Waals surface area contributed by atoms with Crippen molar-refractivity contribution >= 4 is 40.6 Å². The Labute approximate surface area is 141 Å². The number of aryl methyl sites for hydroxylation is 1. The van der Waals surface area contributed by atoms with Gasteiger partial charge >= 0.3 is 0 Å². The molecule has 0 bridgehead atoms. The van der Waals surface area contributed by atoms with Crippen LogP contribution in [0.2, 0.25) is 5.02 Å². The molecule has 2 rings (SSSR count). The summed E-state index contributed by atoms with van der Waals surface area (Å²) in [6, 6.07) is 11.3. The van der Waals surface area contributed by atoms with Crippen LogP contribution in [0, 0.1) is 6.92 Å². The van der Waals surface area contributed by atoms with E-state index in [0.29, 0.717) is 16.6 Å². The number of pyridine rings is 1. The number of hydrogen-bond donors (Lipinski definition) is 0. The molecule has 2 aromatic rings. The van der Waals surface area contributed by atoms with Gasteiger partial charge in [0.05, 0.1) is 5.02 Å². The summed E-state index contributed by atoms with van der Waals surface area (Å²) in [6.07, 6.45) is 0. The molecule has 0 saturated carbocycles. The number of benzene rings is 1. The Balaban J connectivity index is 2.19. The highest BCUT2D eigenvalue weighted by molar-refractivity contribution is 7.80. The van der Waals surface area contributed by atoms with E-state index in [1.54, 1.807) is 11.0 Å². The first-order valence-corrected chi connectivity index (χ1v) is 7.54. The van der Waals surface area contributed by atoms with Crippen LogP contribution in [0.4, 0.5) is 11.6 Å². The van der Waals surface area contributed by atoms with Crippen molar-refractivity contribution in [3.63, 3.8) is 0 Å². The molecule has 0 radical (unpaired) electrons. The first kappa shape index (κ1) is 16.5. The predicted molar refractivity (Wildman–Crippen MR) is 96.4 cm³/mol. The van der Waals surface area contributed by atoms with Crippen LogP contribution in [-0.2, 0) is 0 Å². The van der Waals surface area contributed by atoms with E-state index in [4.69, 9.17) is 28.6 Å². The Kier molecular flexibility index (Phi) is 5.21. The Hall–Kier alpha value is -1.85. The van der Waals surface area contributed by atoms with Crippen LogP contribution < -0.4 is 14.5 Å². The van der Waals surface area contributed by atoms with Crippen molar-refractivity contribution in [2.24, 2.45) is 0 Å². The van der Waals surface area contributed by atoms with E-state index >= 15 is 0 Å². The molecule has 1 heterocycles. The predicted octanol–water partition coefficient (Wildman–Crippen LogP) is 3.91. The van der Waals surface area contributed by atoms with Crippen molar-refractivity contribution < 1.29 is 4.74 Å². The maximum Gasteiger partial charge on any atom is 0.270 e. The Bertz CT molecular complexity index is 691. The molecular weight excluding hydrogens is 318 g/mol. The average molecular weight is 336 g/mol. The van der Waals surface area contributed by atoms with Crippen LogP contribution in [0.3, 0.4) is 0 Å². The van der Waals surface area contributed by atoms with E-state index in [-0.39, 0.29) is 5.17 Å². The van der Waals surface area contributed by atoms with Gasteiger partial charge in [0.25, 0.3) is 5.17 Å². The minimum Gasteiger partial charge on any atom is -0.430 e. The van der Waals surface area contributed by atoms with E-state index < -0.39 is 0 Å². The van der Waals surface area contributed by atoms with Crippen molar-refractivity contribution in [2.75, 3.05) is 30.9 Å². The van der Waals surface area contributed by atoms with Gasteiger partial charge in [0.2, 0.25) is 0 Å². The third kappa shape index (κ3) is 3.67. The van der Waals surface area contributed by atoms with Gasteiger partial charge < -0.3 is 9.64 Å². The van der Waals surface area contributed by atoms with Gasteiger partial charge in [0, 0.05) is 21.1 Å². The molecule has 0 atom stereocenters. The van der Waals surface area contributed by atoms with Crippen molar-refractivity contribution in [2.45, 2.75) is 6.92 Å². The van der Waals surface area contributed by atoms with Gasteiger partial charge in [0.15, 0.2) is 0 Å². The number of aromatic nitrogens is 1. The Morgan fingerprint density at radius 3 is 2.41 bits per heavy atom. The third-order valence-corrected chi connectivity index (χ3v) is 3.99. The summed E-state index contributed by atoms with van der Waals surface area (Å²) in [5.74, 6) is 2.10. The summed E-state index contributed by atoms with van der Waals surface area (Å²) >= 11 is 11.6. The summed E-state index contributed by atoms with van der Waals surface area (Å²) in [4.78, 5) is 8.16. The zero-order valence-electron chi connectivity index (χ0n) is 13.0. The van der Waals surface area contributed by atoms with Crippen LogP contribution in [0.25, 0.3) is 0 Å². The molecule has 116 valence electrons. The molecule has 0 fully saturated rings. The van der Waals surface area contributed by atoms with Crippen LogP contribution in [0.15, 0.2) is 36.4 Å². The highest BCUT2D eigenvalue weighted by Crippen LogP contribution is 2.28. The molecule has 0 saturated heterocycles. The second-order valence-corrected chi connectivity index (χ2v) is 5.79. The normalized spacial score (nSPS) is 10.2. The fourth-order valence-electron chi connectivity index (χ4n) is 1.80. The second-order valence-electron chi connectivity index (χ2n) is 5.06. The minimum atomic E-state index is 0.288. The summed E-state index contributed by atoms with van der Waals surface area (Å²) < 4.78 is 5.71. The van der Waals surface area contributed by atoms with E-state index in [1.165, 1.54) is 0 Å². The van der Waals surface area contributed by atoms with Crippen molar-refractivity contribution in [1.29, 1.82) is 0 Å². The van der Waals surface area contributed by atoms with Crippen molar-refractivity contribution in [3.05, 3.63) is 47.0 Å². The Morgan fingerprint density at radius 2 is 1.73 bits per heavy atom. The monoisotopic (exact) mass is 335 g/mol. The largest absolute Gasteiger partial charge is 0.430 e. The fraction of sp³-hybridized carbons (Fsp3) is 0.250. The molecule has 0 unspecified atom stereocenters. The van der Waals surface area contributed by atoms with Crippen LogP contribution in [-0.4, -0.2) is 31.3 Å². The number of ether oxygens (including phenoxy) is 1.